The zero-order valence-corrected chi connectivity index (χ0v) is 21.5. The second-order valence-corrected chi connectivity index (χ2v) is 9.98. The molecule has 2 aromatic rings. The van der Waals surface area contributed by atoms with Gasteiger partial charge in [-0.3, -0.25) is 0 Å². The summed E-state index contributed by atoms with van der Waals surface area (Å²) in [4.78, 5) is 16.4. The van der Waals surface area contributed by atoms with Gasteiger partial charge in [0.15, 0.2) is 11.5 Å². The van der Waals surface area contributed by atoms with E-state index in [4.69, 9.17) is 18.9 Å². The number of ether oxygens (including phenoxy) is 2. The molecule has 0 atom stereocenters. The zero-order chi connectivity index (χ0) is 24.7. The monoisotopic (exact) mass is 471 g/mol. The minimum Gasteiger partial charge on any atom is -0.493 e. The number of aliphatic carboxylic acids is 1. The molecule has 6 nitrogen and oxygen atoms in total. The van der Waals surface area contributed by atoms with Crippen LogP contribution in [0.1, 0.15) is 107 Å². The maximum atomic E-state index is 11.6. The highest BCUT2D eigenvalue weighted by Crippen LogP contribution is 2.35. The van der Waals surface area contributed by atoms with E-state index < -0.39 is 11.6 Å². The zero-order valence-electron chi connectivity index (χ0n) is 21.5. The number of benzene rings is 1. The van der Waals surface area contributed by atoms with Crippen LogP contribution in [0.5, 0.6) is 11.5 Å². The Morgan fingerprint density at radius 2 is 1.71 bits per heavy atom. The van der Waals surface area contributed by atoms with Crippen LogP contribution in [0.2, 0.25) is 0 Å². The van der Waals surface area contributed by atoms with E-state index in [0.717, 1.165) is 59.9 Å². The van der Waals surface area contributed by atoms with Gasteiger partial charge in [-0.1, -0.05) is 46.0 Å². The lowest BCUT2D eigenvalue weighted by molar-refractivity contribution is -0.152. The number of carboxylic acids is 1. The average molecular weight is 472 g/mol. The third-order valence-corrected chi connectivity index (χ3v) is 6.59. The number of hydrogen-bond acceptors (Lipinski definition) is 5. The fourth-order valence-corrected chi connectivity index (χ4v) is 4.67. The summed E-state index contributed by atoms with van der Waals surface area (Å²) < 4.78 is 18.3. The summed E-state index contributed by atoms with van der Waals surface area (Å²) in [6.45, 7) is 9.91. The van der Waals surface area contributed by atoms with Crippen molar-refractivity contribution in [2.24, 2.45) is 0 Å². The van der Waals surface area contributed by atoms with E-state index in [2.05, 4.69) is 13.8 Å². The number of carbonyl (C=O) groups is 1. The van der Waals surface area contributed by atoms with E-state index in [9.17, 15) is 9.90 Å². The van der Waals surface area contributed by atoms with Crippen LogP contribution in [0.25, 0.3) is 0 Å². The summed E-state index contributed by atoms with van der Waals surface area (Å²) in [5.74, 6) is 2.74. The Morgan fingerprint density at radius 1 is 1.09 bits per heavy atom. The van der Waals surface area contributed by atoms with Gasteiger partial charge in [-0.25, -0.2) is 9.78 Å². The average Bonchev–Trinajstić information content (AvgIpc) is 3.16. The Balaban J connectivity index is 1.76. The van der Waals surface area contributed by atoms with Crippen LogP contribution < -0.4 is 9.47 Å². The quantitative estimate of drug-likeness (QED) is 0.367. The molecule has 0 aliphatic heterocycles. The van der Waals surface area contributed by atoms with Crippen LogP contribution in [0, 0.1) is 6.92 Å². The SMILES string of the molecule is CCCc1cc(OC(C)(C)C(=O)O)cc(CCC)c1OCCc1nc(C2CCCCC2)oc1C. The smallest absolute Gasteiger partial charge is 0.347 e. The molecule has 0 saturated heterocycles. The molecule has 0 radical (unpaired) electrons. The van der Waals surface area contributed by atoms with Crippen LogP contribution in [0.15, 0.2) is 16.5 Å². The predicted molar refractivity (Wildman–Crippen MR) is 133 cm³/mol. The normalized spacial score (nSPS) is 14.9. The number of aromatic nitrogens is 1. The summed E-state index contributed by atoms with van der Waals surface area (Å²) in [5.41, 5.74) is 1.81. The van der Waals surface area contributed by atoms with Crippen LogP contribution in [0.4, 0.5) is 0 Å². The second kappa shape index (κ2) is 11.8. The summed E-state index contributed by atoms with van der Waals surface area (Å²) in [6, 6.07) is 3.87. The largest absolute Gasteiger partial charge is 0.493 e. The summed E-state index contributed by atoms with van der Waals surface area (Å²) in [7, 11) is 0. The van der Waals surface area contributed by atoms with Gasteiger partial charge >= 0.3 is 5.97 Å². The van der Waals surface area contributed by atoms with E-state index >= 15 is 0 Å². The molecule has 0 bridgehead atoms. The minimum absolute atomic E-state index is 0.456. The molecule has 34 heavy (non-hydrogen) atoms. The van der Waals surface area contributed by atoms with Crippen molar-refractivity contribution in [1.82, 2.24) is 4.98 Å². The molecular weight excluding hydrogens is 430 g/mol. The Labute approximate surface area is 204 Å². The van der Waals surface area contributed by atoms with Crippen molar-refractivity contribution in [3.63, 3.8) is 0 Å². The van der Waals surface area contributed by atoms with Crippen LogP contribution in [-0.2, 0) is 24.1 Å². The van der Waals surface area contributed by atoms with E-state index in [1.165, 1.54) is 32.1 Å². The molecule has 1 heterocycles. The van der Waals surface area contributed by atoms with Gasteiger partial charge in [0.25, 0.3) is 0 Å². The number of oxazole rings is 1. The highest BCUT2D eigenvalue weighted by atomic mass is 16.5. The molecule has 1 aromatic carbocycles. The van der Waals surface area contributed by atoms with Crippen LogP contribution in [-0.4, -0.2) is 28.3 Å². The third-order valence-electron chi connectivity index (χ3n) is 6.59. The number of carboxylic acid groups (broad SMARTS) is 1. The molecular formula is C28H41NO5. The van der Waals surface area contributed by atoms with Crippen molar-refractivity contribution in [2.75, 3.05) is 6.61 Å². The predicted octanol–water partition coefficient (Wildman–Crippen LogP) is 6.80. The fourth-order valence-electron chi connectivity index (χ4n) is 4.67. The molecule has 1 fully saturated rings. The number of rotatable bonds is 12. The van der Waals surface area contributed by atoms with Crippen molar-refractivity contribution >= 4 is 5.97 Å². The molecule has 0 spiro atoms. The Hall–Kier alpha value is -2.50. The van der Waals surface area contributed by atoms with Gasteiger partial charge in [-0.05, 0) is 69.7 Å². The van der Waals surface area contributed by atoms with Crippen molar-refractivity contribution in [2.45, 2.75) is 110 Å². The van der Waals surface area contributed by atoms with Gasteiger partial charge in [0.2, 0.25) is 0 Å². The molecule has 0 amide bonds. The van der Waals surface area contributed by atoms with Crippen LogP contribution in [0.3, 0.4) is 0 Å². The van der Waals surface area contributed by atoms with Gasteiger partial charge in [0.05, 0.1) is 12.3 Å². The van der Waals surface area contributed by atoms with Crippen LogP contribution >= 0.6 is 0 Å². The molecule has 1 aliphatic rings. The Bertz CT molecular complexity index is 929. The molecule has 3 rings (SSSR count). The van der Waals surface area contributed by atoms with E-state index in [1.54, 1.807) is 13.8 Å². The molecule has 1 N–H and O–H groups in total. The van der Waals surface area contributed by atoms with E-state index in [-0.39, 0.29) is 0 Å². The van der Waals surface area contributed by atoms with Gasteiger partial charge in [0, 0.05) is 12.3 Å². The molecule has 188 valence electrons. The lowest BCUT2D eigenvalue weighted by atomic mass is 9.89. The number of nitrogens with zero attached hydrogens (tertiary/aromatic N) is 1. The minimum atomic E-state index is -1.30. The molecule has 1 aliphatic carbocycles. The van der Waals surface area contributed by atoms with Crippen molar-refractivity contribution < 1.29 is 23.8 Å². The fraction of sp³-hybridized carbons (Fsp3) is 0.643. The van der Waals surface area contributed by atoms with E-state index in [1.807, 2.05) is 19.1 Å². The summed E-state index contributed by atoms with van der Waals surface area (Å²) >= 11 is 0. The van der Waals surface area contributed by atoms with Gasteiger partial charge in [-0.2, -0.15) is 0 Å². The summed E-state index contributed by atoms with van der Waals surface area (Å²) in [5, 5.41) is 9.47. The lowest BCUT2D eigenvalue weighted by Crippen LogP contribution is -2.37. The molecule has 6 heteroatoms. The first kappa shape index (κ1) is 26.1. The topological polar surface area (TPSA) is 81.8 Å². The van der Waals surface area contributed by atoms with Crippen molar-refractivity contribution in [3.8, 4) is 11.5 Å². The maximum absolute atomic E-state index is 11.6. The highest BCUT2D eigenvalue weighted by Gasteiger charge is 2.30. The Kier molecular flexibility index (Phi) is 9.03. The van der Waals surface area contributed by atoms with Crippen molar-refractivity contribution in [1.29, 1.82) is 0 Å². The number of hydrogen-bond donors (Lipinski definition) is 1. The Morgan fingerprint density at radius 3 is 2.26 bits per heavy atom. The second-order valence-electron chi connectivity index (χ2n) is 9.98. The van der Waals surface area contributed by atoms with Gasteiger partial charge in [0.1, 0.15) is 17.3 Å². The maximum Gasteiger partial charge on any atom is 0.347 e. The lowest BCUT2D eigenvalue weighted by Gasteiger charge is -2.24. The first-order valence-electron chi connectivity index (χ1n) is 12.9. The third kappa shape index (κ3) is 6.55. The molecule has 0 unspecified atom stereocenters. The first-order chi connectivity index (χ1) is 16.2. The van der Waals surface area contributed by atoms with E-state index in [0.29, 0.717) is 24.7 Å². The standard InChI is InChI=1S/C28H41NO5/c1-6-11-21-17-23(34-28(4,5)27(30)31)18-22(12-7-2)25(21)32-16-15-24-19(3)33-26(29-24)20-13-9-8-10-14-20/h17-18,20H,6-16H2,1-5H3,(H,30,31). The molecule has 1 saturated carbocycles. The number of aryl methyl sites for hydroxylation is 3. The summed E-state index contributed by atoms with van der Waals surface area (Å²) in [6.07, 6.45) is 10.5. The van der Waals surface area contributed by atoms with Crippen molar-refractivity contribution in [3.05, 3.63) is 40.6 Å². The van der Waals surface area contributed by atoms with Gasteiger partial charge < -0.3 is 19.0 Å². The first-order valence-corrected chi connectivity index (χ1v) is 12.9. The highest BCUT2D eigenvalue weighted by molar-refractivity contribution is 5.76. The molecule has 1 aromatic heterocycles. The van der Waals surface area contributed by atoms with Gasteiger partial charge in [-0.15, -0.1) is 0 Å².